The van der Waals surface area contributed by atoms with Gasteiger partial charge in [0.2, 0.25) is 0 Å². The number of rotatable bonds is 2. The third-order valence-corrected chi connectivity index (χ3v) is 1.32. The minimum absolute atomic E-state index is 0.0787. The number of nitrogens with zero attached hydrogens (tertiary/aromatic N) is 1. The highest BCUT2D eigenvalue weighted by Crippen LogP contribution is 2.09. The Bertz CT molecular complexity index is 277. The second-order valence-electron chi connectivity index (χ2n) is 2.15. The van der Waals surface area contributed by atoms with E-state index in [1.807, 2.05) is 0 Å². The van der Waals surface area contributed by atoms with Crippen LogP contribution < -0.4 is 5.11 Å². The summed E-state index contributed by atoms with van der Waals surface area (Å²) in [6.07, 6.45) is 0.518. The van der Waals surface area contributed by atoms with Crippen molar-refractivity contribution in [3.63, 3.8) is 0 Å². The Morgan fingerprint density at radius 3 is 2.73 bits per heavy atom. The summed E-state index contributed by atoms with van der Waals surface area (Å²) in [4.78, 5) is 14.0. The molecule has 0 radical (unpaired) electrons. The Morgan fingerprint density at radius 2 is 2.36 bits per heavy atom. The van der Waals surface area contributed by atoms with Crippen LogP contribution in [0.25, 0.3) is 0 Å². The second kappa shape index (κ2) is 2.74. The summed E-state index contributed by atoms with van der Waals surface area (Å²) in [6.45, 7) is 3.40. The van der Waals surface area contributed by atoms with Gasteiger partial charge in [0.1, 0.15) is 11.5 Å². The van der Waals surface area contributed by atoms with E-state index in [1.165, 1.54) is 0 Å². The molecule has 1 aromatic rings. The van der Waals surface area contributed by atoms with Crippen molar-refractivity contribution in [2.24, 2.45) is 0 Å². The molecule has 60 valence electrons. The van der Waals surface area contributed by atoms with Gasteiger partial charge in [-0.3, -0.25) is 0 Å². The highest BCUT2D eigenvalue weighted by Gasteiger charge is 2.08. The van der Waals surface area contributed by atoms with Crippen LogP contribution in [0.3, 0.4) is 0 Å². The normalized spacial score (nSPS) is 10.0. The van der Waals surface area contributed by atoms with E-state index in [9.17, 15) is 9.90 Å². The zero-order chi connectivity index (χ0) is 8.43. The van der Waals surface area contributed by atoms with Crippen LogP contribution in [0.15, 0.2) is 4.42 Å². The molecule has 0 bridgehead atoms. The molecule has 0 atom stereocenters. The minimum atomic E-state index is -1.28. The molecular formula is C7H8NO3-. The number of carboxylic acids is 1. The van der Waals surface area contributed by atoms with E-state index in [0.717, 1.165) is 0 Å². The number of aryl methyl sites for hydroxylation is 2. The Labute approximate surface area is 63.9 Å². The number of aromatic carboxylic acids is 1. The topological polar surface area (TPSA) is 66.2 Å². The summed E-state index contributed by atoms with van der Waals surface area (Å²) in [5.41, 5.74) is -0.0787. The molecule has 0 saturated carbocycles. The molecule has 1 aromatic heterocycles. The number of hydrogen-bond acceptors (Lipinski definition) is 4. The smallest absolute Gasteiger partial charge is 0.191 e. The molecule has 0 amide bonds. The van der Waals surface area contributed by atoms with Gasteiger partial charge in [0.15, 0.2) is 5.89 Å². The van der Waals surface area contributed by atoms with Gasteiger partial charge in [-0.1, -0.05) is 6.92 Å². The van der Waals surface area contributed by atoms with Gasteiger partial charge in [-0.15, -0.1) is 0 Å². The van der Waals surface area contributed by atoms with E-state index in [4.69, 9.17) is 4.42 Å². The largest absolute Gasteiger partial charge is 0.543 e. The van der Waals surface area contributed by atoms with Gasteiger partial charge in [0, 0.05) is 13.3 Å². The van der Waals surface area contributed by atoms with Crippen molar-refractivity contribution in [1.82, 2.24) is 4.98 Å². The first kappa shape index (κ1) is 7.78. The Hall–Kier alpha value is -1.32. The number of aromatic nitrogens is 1. The van der Waals surface area contributed by atoms with Crippen LogP contribution in [0.1, 0.15) is 29.1 Å². The van der Waals surface area contributed by atoms with Crippen molar-refractivity contribution in [2.45, 2.75) is 20.3 Å². The first-order valence-electron chi connectivity index (χ1n) is 3.32. The molecule has 0 fully saturated rings. The lowest BCUT2D eigenvalue weighted by atomic mass is 10.3. The van der Waals surface area contributed by atoms with Crippen LogP contribution >= 0.6 is 0 Å². The minimum Gasteiger partial charge on any atom is -0.543 e. The van der Waals surface area contributed by atoms with Gasteiger partial charge < -0.3 is 14.3 Å². The summed E-state index contributed by atoms with van der Waals surface area (Å²) in [5.74, 6) is -0.540. The van der Waals surface area contributed by atoms with E-state index < -0.39 is 5.97 Å². The summed E-state index contributed by atoms with van der Waals surface area (Å²) in [5, 5.41) is 10.4. The fourth-order valence-corrected chi connectivity index (χ4v) is 0.868. The fourth-order valence-electron chi connectivity index (χ4n) is 0.868. The SMILES string of the molecule is CCc1oc(C)nc1C(=O)[O-]. The van der Waals surface area contributed by atoms with Crippen LogP contribution in [0.2, 0.25) is 0 Å². The molecule has 4 heteroatoms. The lowest BCUT2D eigenvalue weighted by Crippen LogP contribution is -2.23. The van der Waals surface area contributed by atoms with Gasteiger partial charge in [-0.25, -0.2) is 4.98 Å². The third kappa shape index (κ3) is 1.39. The van der Waals surface area contributed by atoms with Crippen molar-refractivity contribution in [3.05, 3.63) is 17.3 Å². The van der Waals surface area contributed by atoms with Gasteiger partial charge in [0.05, 0.1) is 5.97 Å². The van der Waals surface area contributed by atoms with E-state index in [-0.39, 0.29) is 5.69 Å². The lowest BCUT2D eigenvalue weighted by Gasteiger charge is -1.96. The lowest BCUT2D eigenvalue weighted by molar-refractivity contribution is -0.255. The number of carbonyl (C=O) groups is 1. The average molecular weight is 154 g/mol. The Balaban J connectivity index is 3.12. The highest BCUT2D eigenvalue weighted by atomic mass is 16.4. The van der Waals surface area contributed by atoms with E-state index in [2.05, 4.69) is 4.98 Å². The van der Waals surface area contributed by atoms with Crippen molar-refractivity contribution in [2.75, 3.05) is 0 Å². The van der Waals surface area contributed by atoms with Crippen molar-refractivity contribution < 1.29 is 14.3 Å². The van der Waals surface area contributed by atoms with Crippen LogP contribution in [0, 0.1) is 6.92 Å². The maximum absolute atomic E-state index is 10.4. The van der Waals surface area contributed by atoms with Crippen LogP contribution in [-0.4, -0.2) is 11.0 Å². The summed E-state index contributed by atoms with van der Waals surface area (Å²) in [7, 11) is 0. The van der Waals surface area contributed by atoms with Gasteiger partial charge in [-0.05, 0) is 0 Å². The van der Waals surface area contributed by atoms with Crippen molar-refractivity contribution in [1.29, 1.82) is 0 Å². The molecule has 0 aliphatic heterocycles. The highest BCUT2D eigenvalue weighted by molar-refractivity contribution is 5.84. The molecule has 11 heavy (non-hydrogen) atoms. The number of carbonyl (C=O) groups excluding carboxylic acids is 1. The van der Waals surface area contributed by atoms with E-state index in [0.29, 0.717) is 18.1 Å². The first-order chi connectivity index (χ1) is 5.15. The maximum atomic E-state index is 10.4. The van der Waals surface area contributed by atoms with Gasteiger partial charge >= 0.3 is 0 Å². The summed E-state index contributed by atoms with van der Waals surface area (Å²) >= 11 is 0. The molecule has 0 spiro atoms. The quantitative estimate of drug-likeness (QED) is 0.597. The molecule has 4 nitrogen and oxygen atoms in total. The average Bonchev–Trinajstić information content (AvgIpc) is 2.30. The standard InChI is InChI=1S/C7H9NO3/c1-3-5-6(7(9)10)8-4(2)11-5/h3H2,1-2H3,(H,9,10)/p-1. The molecule has 0 saturated heterocycles. The Kier molecular flexibility index (Phi) is 1.94. The molecule has 0 aromatic carbocycles. The van der Waals surface area contributed by atoms with Crippen LogP contribution in [0.5, 0.6) is 0 Å². The molecule has 0 aliphatic rings. The fraction of sp³-hybridized carbons (Fsp3) is 0.429. The third-order valence-electron chi connectivity index (χ3n) is 1.32. The van der Waals surface area contributed by atoms with Crippen molar-refractivity contribution in [3.8, 4) is 0 Å². The zero-order valence-electron chi connectivity index (χ0n) is 6.38. The number of hydrogen-bond donors (Lipinski definition) is 0. The number of carboxylic acid groups (broad SMARTS) is 1. The second-order valence-corrected chi connectivity index (χ2v) is 2.15. The van der Waals surface area contributed by atoms with Gasteiger partial charge in [-0.2, -0.15) is 0 Å². The molecule has 0 unspecified atom stereocenters. The predicted octanol–water partition coefficient (Wildman–Crippen LogP) is -0.0911. The number of oxazole rings is 1. The van der Waals surface area contributed by atoms with E-state index in [1.54, 1.807) is 13.8 Å². The van der Waals surface area contributed by atoms with Crippen LogP contribution in [0.4, 0.5) is 0 Å². The molecular weight excluding hydrogens is 146 g/mol. The first-order valence-corrected chi connectivity index (χ1v) is 3.32. The van der Waals surface area contributed by atoms with Gasteiger partial charge in [0.25, 0.3) is 0 Å². The van der Waals surface area contributed by atoms with Crippen molar-refractivity contribution >= 4 is 5.97 Å². The zero-order valence-corrected chi connectivity index (χ0v) is 6.38. The molecule has 0 N–H and O–H groups in total. The van der Waals surface area contributed by atoms with Crippen LogP contribution in [-0.2, 0) is 6.42 Å². The summed E-state index contributed by atoms with van der Waals surface area (Å²) in [6, 6.07) is 0. The summed E-state index contributed by atoms with van der Waals surface area (Å²) < 4.78 is 4.99. The molecule has 1 rings (SSSR count). The maximum Gasteiger partial charge on any atom is 0.191 e. The predicted molar refractivity (Wildman–Crippen MR) is 34.9 cm³/mol. The molecule has 0 aliphatic carbocycles. The Morgan fingerprint density at radius 1 is 1.73 bits per heavy atom. The van der Waals surface area contributed by atoms with E-state index >= 15 is 0 Å². The molecule has 1 heterocycles. The monoisotopic (exact) mass is 154 g/mol.